The first-order chi connectivity index (χ1) is 17.4. The van der Waals surface area contributed by atoms with Crippen molar-refractivity contribution in [3.63, 3.8) is 0 Å². The molecule has 0 spiro atoms. The number of amides is 2. The second kappa shape index (κ2) is 13.9. The number of hydrogen-bond donors (Lipinski definition) is 1. The Labute approximate surface area is 223 Å². The van der Waals surface area contributed by atoms with Gasteiger partial charge in [0, 0.05) is 29.6 Å². The number of rotatable bonds is 12. The maximum atomic E-state index is 13.8. The average Bonchev–Trinajstić information content (AvgIpc) is 2.89. The lowest BCUT2D eigenvalue weighted by molar-refractivity contribution is -0.140. The van der Waals surface area contributed by atoms with E-state index in [1.165, 1.54) is 0 Å². The molecule has 1 atom stereocenters. The Morgan fingerprint density at radius 3 is 2.28 bits per heavy atom. The molecule has 5 nitrogen and oxygen atoms in total. The number of benzene rings is 3. The van der Waals surface area contributed by atoms with Crippen LogP contribution in [0.4, 0.5) is 0 Å². The summed E-state index contributed by atoms with van der Waals surface area (Å²) >= 11 is 12.8. The number of nitrogens with zero attached hydrogens (tertiary/aromatic N) is 1. The van der Waals surface area contributed by atoms with E-state index in [4.69, 9.17) is 27.9 Å². The van der Waals surface area contributed by atoms with Crippen LogP contribution in [-0.2, 0) is 29.0 Å². The van der Waals surface area contributed by atoms with E-state index in [0.717, 1.165) is 24.0 Å². The minimum absolute atomic E-state index is 0.0179. The molecule has 0 unspecified atom stereocenters. The van der Waals surface area contributed by atoms with Gasteiger partial charge in [0.15, 0.2) is 0 Å². The zero-order valence-electron chi connectivity index (χ0n) is 20.7. The smallest absolute Gasteiger partial charge is 0.243 e. The SMILES string of the molecule is CCCCNC(=O)[C@@H](Cc1ccccc1)N(Cc1cccc(OC)c1)C(=O)Cc1c(Cl)cccc1Cl. The molecule has 0 fully saturated rings. The molecule has 3 rings (SSSR count). The number of nitrogens with one attached hydrogen (secondary N) is 1. The van der Waals surface area contributed by atoms with Gasteiger partial charge in [-0.2, -0.15) is 0 Å². The van der Waals surface area contributed by atoms with Crippen molar-refractivity contribution >= 4 is 35.0 Å². The summed E-state index contributed by atoms with van der Waals surface area (Å²) in [4.78, 5) is 29.0. The van der Waals surface area contributed by atoms with Gasteiger partial charge in [-0.3, -0.25) is 9.59 Å². The summed E-state index contributed by atoms with van der Waals surface area (Å²) < 4.78 is 5.38. The topological polar surface area (TPSA) is 58.6 Å². The molecule has 3 aromatic carbocycles. The van der Waals surface area contributed by atoms with E-state index in [0.29, 0.717) is 34.3 Å². The summed E-state index contributed by atoms with van der Waals surface area (Å²) in [6, 6.07) is 21.7. The molecule has 190 valence electrons. The van der Waals surface area contributed by atoms with Crippen LogP contribution in [0.15, 0.2) is 72.8 Å². The molecule has 7 heteroatoms. The van der Waals surface area contributed by atoms with Crippen molar-refractivity contribution in [1.82, 2.24) is 10.2 Å². The number of methoxy groups -OCH3 is 1. The van der Waals surface area contributed by atoms with Crippen LogP contribution in [-0.4, -0.2) is 36.4 Å². The lowest BCUT2D eigenvalue weighted by Gasteiger charge is -2.32. The molecule has 36 heavy (non-hydrogen) atoms. The highest BCUT2D eigenvalue weighted by Crippen LogP contribution is 2.26. The Kier molecular flexibility index (Phi) is 10.6. The molecule has 0 radical (unpaired) electrons. The van der Waals surface area contributed by atoms with Crippen LogP contribution in [0, 0.1) is 0 Å². The van der Waals surface area contributed by atoms with E-state index in [-0.39, 0.29) is 24.8 Å². The Morgan fingerprint density at radius 1 is 0.944 bits per heavy atom. The van der Waals surface area contributed by atoms with Crippen LogP contribution in [0.1, 0.15) is 36.5 Å². The molecular weight excluding hydrogens is 495 g/mol. The van der Waals surface area contributed by atoms with E-state index < -0.39 is 6.04 Å². The van der Waals surface area contributed by atoms with Gasteiger partial charge in [0.05, 0.1) is 13.5 Å². The van der Waals surface area contributed by atoms with Crippen LogP contribution >= 0.6 is 23.2 Å². The molecule has 0 aromatic heterocycles. The van der Waals surface area contributed by atoms with Crippen molar-refractivity contribution in [2.45, 2.75) is 45.2 Å². The van der Waals surface area contributed by atoms with E-state index in [9.17, 15) is 9.59 Å². The molecule has 0 aliphatic rings. The summed E-state index contributed by atoms with van der Waals surface area (Å²) in [5.74, 6) is 0.259. The fraction of sp³-hybridized carbons (Fsp3) is 0.310. The Hall–Kier alpha value is -3.02. The fourth-order valence-electron chi connectivity index (χ4n) is 3.98. The van der Waals surface area contributed by atoms with Gasteiger partial charge in [-0.05, 0) is 47.4 Å². The van der Waals surface area contributed by atoms with Crippen LogP contribution in [0.25, 0.3) is 0 Å². The normalized spacial score (nSPS) is 11.6. The largest absolute Gasteiger partial charge is 0.497 e. The average molecular weight is 527 g/mol. The van der Waals surface area contributed by atoms with Crippen LogP contribution in [0.5, 0.6) is 5.75 Å². The summed E-state index contributed by atoms with van der Waals surface area (Å²) in [5, 5.41) is 3.87. The summed E-state index contributed by atoms with van der Waals surface area (Å²) in [6.07, 6.45) is 2.19. The fourth-order valence-corrected chi connectivity index (χ4v) is 4.51. The predicted molar refractivity (Wildman–Crippen MR) is 146 cm³/mol. The second-order valence-electron chi connectivity index (χ2n) is 8.60. The Morgan fingerprint density at radius 2 is 1.61 bits per heavy atom. The summed E-state index contributed by atoms with van der Waals surface area (Å²) in [7, 11) is 1.60. The molecule has 0 heterocycles. The van der Waals surface area contributed by atoms with Gasteiger partial charge in [0.2, 0.25) is 11.8 Å². The lowest BCUT2D eigenvalue weighted by Crippen LogP contribution is -2.51. The molecule has 1 N–H and O–H groups in total. The third-order valence-corrected chi connectivity index (χ3v) is 6.69. The summed E-state index contributed by atoms with van der Waals surface area (Å²) in [6.45, 7) is 2.86. The van der Waals surface area contributed by atoms with E-state index in [1.54, 1.807) is 30.2 Å². The van der Waals surface area contributed by atoms with Crippen LogP contribution < -0.4 is 10.1 Å². The highest BCUT2D eigenvalue weighted by atomic mass is 35.5. The maximum Gasteiger partial charge on any atom is 0.243 e. The number of halogens is 2. The van der Waals surface area contributed by atoms with Gasteiger partial charge < -0.3 is 15.0 Å². The number of carbonyl (C=O) groups excluding carboxylic acids is 2. The predicted octanol–water partition coefficient (Wildman–Crippen LogP) is 6.10. The van der Waals surface area contributed by atoms with Crippen molar-refractivity contribution in [2.75, 3.05) is 13.7 Å². The second-order valence-corrected chi connectivity index (χ2v) is 9.41. The van der Waals surface area contributed by atoms with Gasteiger partial charge in [-0.25, -0.2) is 0 Å². The number of hydrogen-bond acceptors (Lipinski definition) is 3. The Balaban J connectivity index is 1.99. The van der Waals surface area contributed by atoms with Crippen LogP contribution in [0.3, 0.4) is 0 Å². The van der Waals surface area contributed by atoms with E-state index >= 15 is 0 Å². The monoisotopic (exact) mass is 526 g/mol. The molecule has 2 amide bonds. The zero-order chi connectivity index (χ0) is 25.9. The molecule has 0 bridgehead atoms. The van der Waals surface area contributed by atoms with Gasteiger partial charge in [-0.1, -0.05) is 85.1 Å². The van der Waals surface area contributed by atoms with Gasteiger partial charge in [-0.15, -0.1) is 0 Å². The molecule has 0 aliphatic carbocycles. The number of carbonyl (C=O) groups is 2. The van der Waals surface area contributed by atoms with Gasteiger partial charge in [0.1, 0.15) is 11.8 Å². The quantitative estimate of drug-likeness (QED) is 0.290. The third-order valence-electron chi connectivity index (χ3n) is 5.98. The van der Waals surface area contributed by atoms with Crippen molar-refractivity contribution in [2.24, 2.45) is 0 Å². The number of ether oxygens (including phenoxy) is 1. The van der Waals surface area contributed by atoms with Gasteiger partial charge >= 0.3 is 0 Å². The molecule has 0 saturated heterocycles. The molecule has 0 aliphatic heterocycles. The van der Waals surface area contributed by atoms with E-state index in [1.807, 2.05) is 54.6 Å². The standard InChI is InChI=1S/C29H32Cl2N2O3/c1-3-4-16-32-29(35)27(18-21-10-6-5-7-11-21)33(20-22-12-8-13-23(17-22)36-2)28(34)19-24-25(30)14-9-15-26(24)31/h5-15,17,27H,3-4,16,18-20H2,1-2H3,(H,32,35)/t27-/m1/s1. The number of unbranched alkanes of at least 4 members (excludes halogenated alkanes) is 1. The van der Waals surface area contributed by atoms with Crippen LogP contribution in [0.2, 0.25) is 10.0 Å². The molecule has 0 saturated carbocycles. The highest BCUT2D eigenvalue weighted by Gasteiger charge is 2.31. The first-order valence-corrected chi connectivity index (χ1v) is 12.9. The first-order valence-electron chi connectivity index (χ1n) is 12.1. The van der Waals surface area contributed by atoms with Gasteiger partial charge in [0.25, 0.3) is 0 Å². The third kappa shape index (κ3) is 7.74. The van der Waals surface area contributed by atoms with E-state index in [2.05, 4.69) is 12.2 Å². The lowest BCUT2D eigenvalue weighted by atomic mass is 10.0. The minimum Gasteiger partial charge on any atom is -0.497 e. The molecule has 3 aromatic rings. The summed E-state index contributed by atoms with van der Waals surface area (Å²) in [5.41, 5.74) is 2.37. The zero-order valence-corrected chi connectivity index (χ0v) is 22.2. The Bertz CT molecular complexity index is 1130. The minimum atomic E-state index is -0.718. The highest BCUT2D eigenvalue weighted by molar-refractivity contribution is 6.36. The van der Waals surface area contributed by atoms with Crippen molar-refractivity contribution < 1.29 is 14.3 Å². The van der Waals surface area contributed by atoms with Crippen molar-refractivity contribution in [3.05, 3.63) is 99.5 Å². The van der Waals surface area contributed by atoms with Crippen molar-refractivity contribution in [1.29, 1.82) is 0 Å². The first kappa shape index (κ1) is 27.6. The van der Waals surface area contributed by atoms with Crippen molar-refractivity contribution in [3.8, 4) is 5.75 Å². The molecular formula is C29H32Cl2N2O3. The maximum absolute atomic E-state index is 13.8.